The van der Waals surface area contributed by atoms with Crippen LogP contribution in [0.15, 0.2) is 12.4 Å². The molecule has 2 aromatic heterocycles. The second kappa shape index (κ2) is 10.9. The first kappa shape index (κ1) is 29.1. The van der Waals surface area contributed by atoms with Crippen molar-refractivity contribution in [3.8, 4) is 10.7 Å². The summed E-state index contributed by atoms with van der Waals surface area (Å²) in [7, 11) is -1.62. The van der Waals surface area contributed by atoms with Gasteiger partial charge in [0.2, 0.25) is 5.95 Å². The fourth-order valence-corrected chi connectivity index (χ4v) is 7.47. The van der Waals surface area contributed by atoms with E-state index in [0.717, 1.165) is 17.5 Å². The molecule has 212 valence electrons. The molecule has 2 atom stereocenters. The normalized spacial score (nSPS) is 23.1. The lowest BCUT2D eigenvalue weighted by molar-refractivity contribution is -0.137. The van der Waals surface area contributed by atoms with Crippen LogP contribution in [0, 0.1) is 5.92 Å². The summed E-state index contributed by atoms with van der Waals surface area (Å²) in [4.78, 5) is 15.0. The molecule has 0 aliphatic carbocycles. The van der Waals surface area contributed by atoms with Gasteiger partial charge in [-0.25, -0.2) is 15.0 Å². The van der Waals surface area contributed by atoms with E-state index in [1.807, 2.05) is 14.0 Å². The number of piperidine rings is 1. The highest BCUT2D eigenvalue weighted by molar-refractivity contribution is 7.86. The van der Waals surface area contributed by atoms with E-state index in [-0.39, 0.29) is 48.1 Å². The predicted molar refractivity (Wildman–Crippen MR) is 139 cm³/mol. The smallest absolute Gasteiger partial charge is 0.390 e. The van der Waals surface area contributed by atoms with Crippen molar-refractivity contribution in [1.82, 2.24) is 28.5 Å². The van der Waals surface area contributed by atoms with E-state index in [1.54, 1.807) is 13.8 Å². The lowest BCUT2D eigenvalue weighted by atomic mass is 9.95. The quantitative estimate of drug-likeness (QED) is 0.516. The molecule has 2 aliphatic rings. The maximum atomic E-state index is 13.8. The van der Waals surface area contributed by atoms with E-state index in [2.05, 4.69) is 25.2 Å². The van der Waals surface area contributed by atoms with Crippen LogP contribution >= 0.6 is 11.3 Å². The number of hydrogen-bond donors (Lipinski definition) is 2. The highest BCUT2D eigenvalue weighted by Crippen LogP contribution is 2.38. The number of aliphatic hydroxyl groups is 1. The highest BCUT2D eigenvalue weighted by atomic mass is 32.2. The maximum absolute atomic E-state index is 13.8. The molecule has 10 nitrogen and oxygen atoms in total. The summed E-state index contributed by atoms with van der Waals surface area (Å²) in [6.45, 7) is 7.95. The van der Waals surface area contributed by atoms with Gasteiger partial charge in [0.05, 0.1) is 5.60 Å². The van der Waals surface area contributed by atoms with Gasteiger partial charge in [-0.2, -0.15) is 30.2 Å². The lowest BCUT2D eigenvalue weighted by Crippen LogP contribution is -2.55. The van der Waals surface area contributed by atoms with E-state index < -0.39 is 27.6 Å². The molecule has 0 spiro atoms. The fraction of sp³-hybridized carbons (Fsp3) is 0.696. The molecule has 4 rings (SSSR count). The Hall–Kier alpha value is -1.91. The van der Waals surface area contributed by atoms with Gasteiger partial charge in [-0.05, 0) is 33.2 Å². The molecule has 2 N–H and O–H groups in total. The van der Waals surface area contributed by atoms with Gasteiger partial charge in [0.1, 0.15) is 16.3 Å². The maximum Gasteiger partial charge on any atom is 0.420 e. The minimum Gasteiger partial charge on any atom is -0.390 e. The van der Waals surface area contributed by atoms with E-state index in [0.29, 0.717) is 37.5 Å². The van der Waals surface area contributed by atoms with E-state index in [9.17, 15) is 26.7 Å². The molecule has 0 bridgehead atoms. The van der Waals surface area contributed by atoms with Crippen LogP contribution in [0.1, 0.15) is 37.6 Å². The van der Waals surface area contributed by atoms with Gasteiger partial charge >= 0.3 is 6.18 Å². The number of piperazine rings is 1. The number of aromatic nitrogens is 3. The molecule has 2 aromatic rings. The molecule has 2 saturated heterocycles. The highest BCUT2D eigenvalue weighted by Gasteiger charge is 2.39. The number of nitrogens with one attached hydrogen (secondary N) is 1. The second-order valence-corrected chi connectivity index (χ2v) is 13.7. The van der Waals surface area contributed by atoms with Gasteiger partial charge in [0.25, 0.3) is 10.2 Å². The SMILES string of the molecule is C[C@@H]1CN(S(=O)(=O)N2CCN(C)CC2)CC[C@@H]1Nc1ncc(C(F)(F)F)c(-c2ncc(CC(C)(C)O)s2)n1. The van der Waals surface area contributed by atoms with Crippen LogP contribution in [0.5, 0.6) is 0 Å². The van der Waals surface area contributed by atoms with Crippen molar-refractivity contribution in [1.29, 1.82) is 0 Å². The van der Waals surface area contributed by atoms with Gasteiger partial charge in [0, 0.05) is 69.0 Å². The number of hydrogen-bond acceptors (Lipinski definition) is 9. The summed E-state index contributed by atoms with van der Waals surface area (Å²) in [6, 6.07) is -0.222. The molecule has 0 amide bonds. The van der Waals surface area contributed by atoms with Gasteiger partial charge < -0.3 is 15.3 Å². The number of anilines is 1. The van der Waals surface area contributed by atoms with Crippen LogP contribution in [0.4, 0.5) is 19.1 Å². The molecule has 4 heterocycles. The molecule has 0 radical (unpaired) electrons. The molecule has 0 aromatic carbocycles. The number of rotatable bonds is 7. The van der Waals surface area contributed by atoms with Crippen molar-refractivity contribution in [2.45, 2.75) is 51.4 Å². The van der Waals surface area contributed by atoms with E-state index in [1.165, 1.54) is 14.8 Å². The number of thiazole rings is 1. The molecular weight excluding hydrogens is 543 g/mol. The number of likely N-dealkylation sites (N-methyl/N-ethyl adjacent to an activating group) is 1. The van der Waals surface area contributed by atoms with Gasteiger partial charge in [-0.3, -0.25) is 0 Å². The standard InChI is InChI=1S/C23H34F3N7O3S2/c1-15-14-33(38(35,36)32-9-7-31(4)8-10-32)6-5-18(15)29-21-28-13-17(23(24,25)26)19(30-21)20-27-12-16(37-20)11-22(2,3)34/h12-13,15,18,34H,5-11,14H2,1-4H3,(H,28,29,30)/t15-,18+/m1/s1. The van der Waals surface area contributed by atoms with Crippen molar-refractivity contribution in [3.05, 3.63) is 22.8 Å². The summed E-state index contributed by atoms with van der Waals surface area (Å²) in [5.41, 5.74) is -2.35. The number of nitrogens with zero attached hydrogens (tertiary/aromatic N) is 6. The molecule has 0 saturated carbocycles. The minimum atomic E-state index is -4.67. The Morgan fingerprint density at radius 2 is 1.79 bits per heavy atom. The fourth-order valence-electron chi connectivity index (χ4n) is 4.63. The third-order valence-corrected chi connectivity index (χ3v) is 9.76. The zero-order valence-electron chi connectivity index (χ0n) is 21.9. The Bertz CT molecular complexity index is 1230. The topological polar surface area (TPSA) is 115 Å². The first-order valence-corrected chi connectivity index (χ1v) is 14.7. The van der Waals surface area contributed by atoms with Crippen LogP contribution in [0.25, 0.3) is 10.7 Å². The molecular formula is C23H34F3N7O3S2. The van der Waals surface area contributed by atoms with Gasteiger partial charge in [-0.15, -0.1) is 11.3 Å². The van der Waals surface area contributed by atoms with Crippen LogP contribution in [0.2, 0.25) is 0 Å². The Kier molecular flexibility index (Phi) is 8.36. The Morgan fingerprint density at radius 1 is 1.11 bits per heavy atom. The van der Waals surface area contributed by atoms with Gasteiger partial charge in [0.15, 0.2) is 0 Å². The molecule has 0 unspecified atom stereocenters. The van der Waals surface area contributed by atoms with Crippen molar-refractivity contribution in [2.75, 3.05) is 51.6 Å². The summed E-state index contributed by atoms with van der Waals surface area (Å²) in [5.74, 6) is -0.0990. The molecule has 2 fully saturated rings. The van der Waals surface area contributed by atoms with Gasteiger partial charge in [-0.1, -0.05) is 6.92 Å². The third-order valence-electron chi connectivity index (χ3n) is 6.75. The summed E-state index contributed by atoms with van der Waals surface area (Å²) >= 11 is 1.04. The minimum absolute atomic E-state index is 0.0273. The average Bonchev–Trinajstić information content (AvgIpc) is 3.26. The monoisotopic (exact) mass is 577 g/mol. The van der Waals surface area contributed by atoms with Crippen molar-refractivity contribution in [2.24, 2.45) is 5.92 Å². The Morgan fingerprint density at radius 3 is 2.39 bits per heavy atom. The first-order valence-electron chi connectivity index (χ1n) is 12.5. The Balaban J connectivity index is 1.49. The van der Waals surface area contributed by atoms with Crippen LogP contribution in [-0.4, -0.2) is 99.9 Å². The second-order valence-electron chi connectivity index (χ2n) is 10.7. The van der Waals surface area contributed by atoms with Crippen LogP contribution < -0.4 is 5.32 Å². The van der Waals surface area contributed by atoms with E-state index >= 15 is 0 Å². The molecule has 2 aliphatic heterocycles. The third kappa shape index (κ3) is 6.80. The lowest BCUT2D eigenvalue weighted by Gasteiger charge is -2.40. The van der Waals surface area contributed by atoms with Crippen LogP contribution in [-0.2, 0) is 22.8 Å². The largest absolute Gasteiger partial charge is 0.420 e. The Labute approximate surface area is 225 Å². The van der Waals surface area contributed by atoms with Crippen molar-refractivity contribution < 1.29 is 26.7 Å². The zero-order chi connectivity index (χ0) is 27.9. The van der Waals surface area contributed by atoms with Crippen LogP contribution in [0.3, 0.4) is 0 Å². The summed E-state index contributed by atoms with van der Waals surface area (Å²) in [5, 5.41) is 13.3. The van der Waals surface area contributed by atoms with Crippen molar-refractivity contribution >= 4 is 27.5 Å². The first-order chi connectivity index (χ1) is 17.6. The van der Waals surface area contributed by atoms with Crippen molar-refractivity contribution in [3.63, 3.8) is 0 Å². The van der Waals surface area contributed by atoms with E-state index in [4.69, 9.17) is 0 Å². The molecule has 15 heteroatoms. The number of halogens is 3. The summed E-state index contributed by atoms with van der Waals surface area (Å²) < 4.78 is 70.6. The summed E-state index contributed by atoms with van der Waals surface area (Å²) in [6.07, 6.45) is -1.77. The predicted octanol–water partition coefficient (Wildman–Crippen LogP) is 2.55. The number of alkyl halides is 3. The molecule has 38 heavy (non-hydrogen) atoms. The average molecular weight is 578 g/mol. The zero-order valence-corrected chi connectivity index (χ0v) is 23.5.